The first-order valence-electron chi connectivity index (χ1n) is 9.21. The first-order valence-corrected chi connectivity index (χ1v) is 10.1. The maximum atomic E-state index is 12.8. The zero-order valence-corrected chi connectivity index (χ0v) is 16.4. The number of thioether (sulfide) groups is 1. The summed E-state index contributed by atoms with van der Waals surface area (Å²) in [6.45, 7) is 3.78. The lowest BCUT2D eigenvalue weighted by molar-refractivity contribution is -0.119. The topological polar surface area (TPSA) is 74.1 Å². The molecule has 0 saturated carbocycles. The van der Waals surface area contributed by atoms with Crippen molar-refractivity contribution in [2.45, 2.75) is 31.6 Å². The molecule has 0 radical (unpaired) electrons. The second-order valence-corrected chi connectivity index (χ2v) is 7.77. The molecule has 4 rings (SSSR count). The molecule has 2 atom stereocenters. The molecule has 1 N–H and O–H groups in total. The van der Waals surface area contributed by atoms with Crippen LogP contribution in [0.3, 0.4) is 0 Å². The number of carbonyl (C=O) groups is 2. The van der Waals surface area contributed by atoms with Crippen molar-refractivity contribution in [3.63, 3.8) is 0 Å². The average molecular weight is 392 g/mol. The van der Waals surface area contributed by atoms with Gasteiger partial charge in [0, 0.05) is 11.3 Å². The highest BCUT2D eigenvalue weighted by molar-refractivity contribution is 8.15. The summed E-state index contributed by atoms with van der Waals surface area (Å²) >= 11 is 1.37. The van der Waals surface area contributed by atoms with E-state index >= 15 is 0 Å². The molecular formula is C21H20N4O2S. The Labute approximate surface area is 167 Å². The molecule has 142 valence electrons. The number of para-hydroxylation sites is 2. The van der Waals surface area contributed by atoms with Crippen LogP contribution in [0.25, 0.3) is 0 Å². The number of amidine groups is 2. The van der Waals surface area contributed by atoms with Crippen molar-refractivity contribution in [1.82, 2.24) is 4.90 Å². The summed E-state index contributed by atoms with van der Waals surface area (Å²) in [7, 11) is 0. The van der Waals surface area contributed by atoms with Crippen molar-refractivity contribution < 1.29 is 9.59 Å². The third kappa shape index (κ3) is 3.33. The number of fused-ring (bicyclic) bond motifs is 3. The molecule has 0 aliphatic carbocycles. The Morgan fingerprint density at radius 2 is 1.86 bits per heavy atom. The summed E-state index contributed by atoms with van der Waals surface area (Å²) in [5.41, 5.74) is 2.36. The minimum absolute atomic E-state index is 0.0862. The smallest absolute Gasteiger partial charge is 0.270 e. The standard InChI is InChI=1S/C21H20N4O2S/c1-3-17(20(27)22-14-9-5-4-6-10-14)28-21-23-16-12-8-7-11-15(16)18-24-19(26)13(2)25(18)21/h4-13,17H,3H2,1-2H3,(H,22,27). The van der Waals surface area contributed by atoms with Gasteiger partial charge in [-0.3, -0.25) is 14.5 Å². The molecule has 2 unspecified atom stereocenters. The van der Waals surface area contributed by atoms with E-state index < -0.39 is 6.04 Å². The molecule has 0 spiro atoms. The minimum Gasteiger partial charge on any atom is -0.325 e. The molecule has 2 aliphatic rings. The van der Waals surface area contributed by atoms with E-state index in [1.54, 1.807) is 0 Å². The largest absolute Gasteiger partial charge is 0.325 e. The van der Waals surface area contributed by atoms with E-state index in [2.05, 4.69) is 10.3 Å². The highest BCUT2D eigenvalue weighted by Crippen LogP contribution is 2.35. The van der Waals surface area contributed by atoms with Gasteiger partial charge in [0.15, 0.2) is 5.17 Å². The predicted molar refractivity (Wildman–Crippen MR) is 113 cm³/mol. The molecule has 2 aromatic rings. The van der Waals surface area contributed by atoms with E-state index in [0.29, 0.717) is 17.4 Å². The fourth-order valence-corrected chi connectivity index (χ4v) is 4.28. The minimum atomic E-state index is -0.427. The second kappa shape index (κ2) is 7.59. The lowest BCUT2D eigenvalue weighted by Crippen LogP contribution is -2.43. The van der Waals surface area contributed by atoms with Gasteiger partial charge in [-0.05, 0) is 37.6 Å². The quantitative estimate of drug-likeness (QED) is 0.858. The third-order valence-electron chi connectivity index (χ3n) is 4.71. The van der Waals surface area contributed by atoms with Crippen molar-refractivity contribution in [2.75, 3.05) is 5.32 Å². The van der Waals surface area contributed by atoms with Crippen molar-refractivity contribution in [3.8, 4) is 0 Å². The van der Waals surface area contributed by atoms with Gasteiger partial charge >= 0.3 is 0 Å². The Hall–Kier alpha value is -2.93. The van der Waals surface area contributed by atoms with Crippen LogP contribution in [0, 0.1) is 0 Å². The fraction of sp³-hybridized carbons (Fsp3) is 0.238. The molecule has 0 bridgehead atoms. The highest BCUT2D eigenvalue weighted by Gasteiger charge is 2.40. The molecule has 2 aliphatic heterocycles. The number of nitrogens with zero attached hydrogens (tertiary/aromatic N) is 3. The lowest BCUT2D eigenvalue weighted by Gasteiger charge is -2.30. The van der Waals surface area contributed by atoms with Crippen molar-refractivity contribution in [1.29, 1.82) is 0 Å². The number of nitrogens with one attached hydrogen (secondary N) is 1. The maximum absolute atomic E-state index is 12.8. The Morgan fingerprint density at radius 1 is 1.14 bits per heavy atom. The van der Waals surface area contributed by atoms with Gasteiger partial charge in [0.2, 0.25) is 5.91 Å². The number of anilines is 1. The van der Waals surface area contributed by atoms with Crippen LogP contribution in [-0.4, -0.2) is 39.0 Å². The number of aliphatic imine (C=N–C) groups is 2. The molecule has 2 aromatic carbocycles. The summed E-state index contributed by atoms with van der Waals surface area (Å²) < 4.78 is 0. The average Bonchev–Trinajstić information content (AvgIpc) is 3.02. The van der Waals surface area contributed by atoms with Gasteiger partial charge in [-0.2, -0.15) is 4.99 Å². The van der Waals surface area contributed by atoms with Crippen molar-refractivity contribution in [2.24, 2.45) is 9.98 Å². The van der Waals surface area contributed by atoms with E-state index in [9.17, 15) is 9.59 Å². The molecule has 0 saturated heterocycles. The number of hydrogen-bond donors (Lipinski definition) is 1. The van der Waals surface area contributed by atoms with Gasteiger partial charge in [-0.25, -0.2) is 4.99 Å². The first kappa shape index (κ1) is 18.4. The molecule has 0 fully saturated rings. The van der Waals surface area contributed by atoms with Crippen LogP contribution >= 0.6 is 11.8 Å². The number of hydrogen-bond acceptors (Lipinski definition) is 5. The molecule has 2 amide bonds. The van der Waals surface area contributed by atoms with Crippen LogP contribution in [0.4, 0.5) is 11.4 Å². The van der Waals surface area contributed by atoms with Gasteiger partial charge < -0.3 is 5.32 Å². The Kier molecular flexibility index (Phi) is 5.00. The van der Waals surface area contributed by atoms with E-state index in [4.69, 9.17) is 4.99 Å². The highest BCUT2D eigenvalue weighted by atomic mass is 32.2. The molecule has 28 heavy (non-hydrogen) atoms. The summed E-state index contributed by atoms with van der Waals surface area (Å²) in [6.07, 6.45) is 0.632. The van der Waals surface area contributed by atoms with Crippen LogP contribution in [0.1, 0.15) is 25.8 Å². The molecular weight excluding hydrogens is 372 g/mol. The van der Waals surface area contributed by atoms with Gasteiger partial charge in [-0.1, -0.05) is 49.0 Å². The maximum Gasteiger partial charge on any atom is 0.270 e. The molecule has 6 nitrogen and oxygen atoms in total. The number of carbonyl (C=O) groups excluding carboxylic acids is 2. The summed E-state index contributed by atoms with van der Waals surface area (Å²) in [5, 5.41) is 3.24. The zero-order valence-electron chi connectivity index (χ0n) is 15.6. The van der Waals surface area contributed by atoms with Gasteiger partial charge in [-0.15, -0.1) is 0 Å². The van der Waals surface area contributed by atoms with Crippen molar-refractivity contribution >= 4 is 46.0 Å². The van der Waals surface area contributed by atoms with Crippen LogP contribution in [-0.2, 0) is 9.59 Å². The van der Waals surface area contributed by atoms with E-state index in [1.807, 2.05) is 73.3 Å². The van der Waals surface area contributed by atoms with Gasteiger partial charge in [0.25, 0.3) is 5.91 Å². The lowest BCUT2D eigenvalue weighted by atomic mass is 10.1. The number of rotatable bonds is 4. The van der Waals surface area contributed by atoms with Crippen LogP contribution < -0.4 is 5.32 Å². The fourth-order valence-electron chi connectivity index (χ4n) is 3.19. The normalized spacial score (nSPS) is 18.7. The second-order valence-electron chi connectivity index (χ2n) is 6.60. The predicted octanol–water partition coefficient (Wildman–Crippen LogP) is 3.82. The van der Waals surface area contributed by atoms with Crippen LogP contribution in [0.2, 0.25) is 0 Å². The van der Waals surface area contributed by atoms with Crippen molar-refractivity contribution in [3.05, 3.63) is 60.2 Å². The SMILES string of the molecule is CCC(SC1=Nc2ccccc2C2=NC(=O)C(C)N12)C(=O)Nc1ccccc1. The Morgan fingerprint density at radius 3 is 2.61 bits per heavy atom. The summed E-state index contributed by atoms with van der Waals surface area (Å²) in [4.78, 5) is 35.9. The Bertz CT molecular complexity index is 987. The van der Waals surface area contributed by atoms with E-state index in [0.717, 1.165) is 16.9 Å². The van der Waals surface area contributed by atoms with Crippen LogP contribution in [0.5, 0.6) is 0 Å². The first-order chi connectivity index (χ1) is 13.6. The van der Waals surface area contributed by atoms with E-state index in [-0.39, 0.29) is 17.1 Å². The summed E-state index contributed by atoms with van der Waals surface area (Å²) in [6, 6.07) is 16.6. The monoisotopic (exact) mass is 392 g/mol. The van der Waals surface area contributed by atoms with Gasteiger partial charge in [0.05, 0.1) is 10.9 Å². The molecule has 0 aromatic heterocycles. The molecule has 7 heteroatoms. The van der Waals surface area contributed by atoms with Crippen LogP contribution in [0.15, 0.2) is 64.6 Å². The summed E-state index contributed by atoms with van der Waals surface area (Å²) in [5.74, 6) is 0.336. The third-order valence-corrected chi connectivity index (χ3v) is 6.04. The zero-order chi connectivity index (χ0) is 19.7. The number of amides is 2. The molecule has 2 heterocycles. The van der Waals surface area contributed by atoms with E-state index in [1.165, 1.54) is 11.8 Å². The van der Waals surface area contributed by atoms with Gasteiger partial charge in [0.1, 0.15) is 11.9 Å². The number of benzene rings is 2. The Balaban J connectivity index is 1.62.